The molecule has 0 unspecified atom stereocenters. The molecular formula is C18H14ClF3N2O2S. The van der Waals surface area contributed by atoms with Crippen molar-refractivity contribution in [2.24, 2.45) is 0 Å². The fraction of sp³-hybridized carbons (Fsp3) is 0.222. The highest BCUT2D eigenvalue weighted by Gasteiger charge is 2.41. The molecule has 1 fully saturated rings. The molecule has 3 rings (SSSR count). The number of rotatable bonds is 4. The van der Waals surface area contributed by atoms with Gasteiger partial charge in [-0.05, 0) is 42.7 Å². The SMILES string of the molecule is CSc1cccc(N[C@H]2CC(=O)N(c3cc(C(F)(F)F)ccc3Cl)C2=O)c1. The smallest absolute Gasteiger partial charge is 0.373 e. The first-order valence-corrected chi connectivity index (χ1v) is 9.45. The minimum atomic E-state index is -4.61. The van der Waals surface area contributed by atoms with Gasteiger partial charge in [-0.3, -0.25) is 9.59 Å². The Bertz CT molecular complexity index is 904. The van der Waals surface area contributed by atoms with Gasteiger partial charge in [0, 0.05) is 10.6 Å². The Kier molecular flexibility index (Phi) is 5.39. The summed E-state index contributed by atoms with van der Waals surface area (Å²) in [6, 6.07) is 8.95. The Morgan fingerprint density at radius 3 is 2.59 bits per heavy atom. The lowest BCUT2D eigenvalue weighted by Crippen LogP contribution is -2.35. The highest BCUT2D eigenvalue weighted by molar-refractivity contribution is 7.98. The molecule has 27 heavy (non-hydrogen) atoms. The fourth-order valence-electron chi connectivity index (χ4n) is 2.77. The number of nitrogens with one attached hydrogen (secondary N) is 1. The average molecular weight is 415 g/mol. The molecule has 2 aromatic rings. The maximum absolute atomic E-state index is 13.0. The second-order valence-corrected chi connectivity index (χ2v) is 7.15. The molecule has 1 aliphatic rings. The molecular weight excluding hydrogens is 401 g/mol. The third kappa shape index (κ3) is 4.06. The number of carbonyl (C=O) groups excluding carboxylic acids is 2. The van der Waals surface area contributed by atoms with Gasteiger partial charge < -0.3 is 5.32 Å². The lowest BCUT2D eigenvalue weighted by molar-refractivity contribution is -0.137. The van der Waals surface area contributed by atoms with Crippen molar-refractivity contribution in [2.45, 2.75) is 23.5 Å². The van der Waals surface area contributed by atoms with Gasteiger partial charge >= 0.3 is 6.18 Å². The second-order valence-electron chi connectivity index (χ2n) is 5.86. The van der Waals surface area contributed by atoms with Crippen molar-refractivity contribution in [2.75, 3.05) is 16.5 Å². The summed E-state index contributed by atoms with van der Waals surface area (Å²) < 4.78 is 38.9. The number of amides is 2. The van der Waals surface area contributed by atoms with Crippen molar-refractivity contribution in [1.82, 2.24) is 0 Å². The van der Waals surface area contributed by atoms with Crippen molar-refractivity contribution in [3.63, 3.8) is 0 Å². The highest BCUT2D eigenvalue weighted by atomic mass is 35.5. The summed E-state index contributed by atoms with van der Waals surface area (Å²) in [5.74, 6) is -1.25. The maximum atomic E-state index is 13.0. The van der Waals surface area contributed by atoms with E-state index in [2.05, 4.69) is 5.32 Å². The lowest BCUT2D eigenvalue weighted by atomic mass is 10.2. The number of hydrogen-bond donors (Lipinski definition) is 1. The molecule has 1 aliphatic heterocycles. The van der Waals surface area contributed by atoms with Crippen LogP contribution in [0.1, 0.15) is 12.0 Å². The number of halogens is 4. The Morgan fingerprint density at radius 2 is 1.93 bits per heavy atom. The van der Waals surface area contributed by atoms with Crippen molar-refractivity contribution in [1.29, 1.82) is 0 Å². The van der Waals surface area contributed by atoms with E-state index in [1.165, 1.54) is 11.8 Å². The summed E-state index contributed by atoms with van der Waals surface area (Å²) in [6.07, 6.45) is -2.88. The van der Waals surface area contributed by atoms with Gasteiger partial charge in [-0.15, -0.1) is 11.8 Å². The molecule has 0 spiro atoms. The third-order valence-corrected chi connectivity index (χ3v) is 5.12. The van der Waals surface area contributed by atoms with E-state index in [0.29, 0.717) is 10.6 Å². The van der Waals surface area contributed by atoms with Gasteiger partial charge in [0.2, 0.25) is 5.91 Å². The van der Waals surface area contributed by atoms with E-state index in [9.17, 15) is 22.8 Å². The largest absolute Gasteiger partial charge is 0.416 e. The predicted molar refractivity (Wildman–Crippen MR) is 99.2 cm³/mol. The van der Waals surface area contributed by atoms with Gasteiger partial charge in [0.05, 0.1) is 22.7 Å². The van der Waals surface area contributed by atoms with Gasteiger partial charge in [-0.1, -0.05) is 17.7 Å². The third-order valence-electron chi connectivity index (χ3n) is 4.07. The summed E-state index contributed by atoms with van der Waals surface area (Å²) in [7, 11) is 0. The van der Waals surface area contributed by atoms with E-state index in [4.69, 9.17) is 11.6 Å². The maximum Gasteiger partial charge on any atom is 0.416 e. The number of imide groups is 1. The quantitative estimate of drug-likeness (QED) is 0.575. The van der Waals surface area contributed by atoms with Gasteiger partial charge in [0.25, 0.3) is 5.91 Å². The van der Waals surface area contributed by atoms with Crippen LogP contribution in [0.25, 0.3) is 0 Å². The molecule has 1 atom stereocenters. The molecule has 0 aromatic heterocycles. The topological polar surface area (TPSA) is 49.4 Å². The molecule has 9 heteroatoms. The van der Waals surface area contributed by atoms with E-state index < -0.39 is 29.6 Å². The van der Waals surface area contributed by atoms with Crippen LogP contribution >= 0.6 is 23.4 Å². The molecule has 1 heterocycles. The van der Waals surface area contributed by atoms with Crippen LogP contribution in [0, 0.1) is 0 Å². The van der Waals surface area contributed by atoms with Crippen molar-refractivity contribution >= 4 is 46.6 Å². The minimum absolute atomic E-state index is 0.102. The molecule has 1 saturated heterocycles. The fourth-order valence-corrected chi connectivity index (χ4v) is 3.43. The highest BCUT2D eigenvalue weighted by Crippen LogP contribution is 2.37. The summed E-state index contributed by atoms with van der Waals surface area (Å²) in [5, 5.41) is 2.87. The van der Waals surface area contributed by atoms with Crippen LogP contribution in [-0.2, 0) is 15.8 Å². The number of carbonyl (C=O) groups is 2. The Morgan fingerprint density at radius 1 is 1.19 bits per heavy atom. The molecule has 4 nitrogen and oxygen atoms in total. The van der Waals surface area contributed by atoms with Crippen LogP contribution in [0.3, 0.4) is 0 Å². The summed E-state index contributed by atoms with van der Waals surface area (Å²) in [4.78, 5) is 26.7. The Hall–Kier alpha value is -2.19. The molecule has 0 bridgehead atoms. The number of nitrogens with zero attached hydrogens (tertiary/aromatic N) is 1. The Labute approximate surface area is 162 Å². The van der Waals surface area contributed by atoms with Gasteiger partial charge in [-0.25, -0.2) is 4.90 Å². The van der Waals surface area contributed by atoms with E-state index in [-0.39, 0.29) is 17.1 Å². The van der Waals surface area contributed by atoms with Crippen LogP contribution in [-0.4, -0.2) is 24.1 Å². The molecule has 1 N–H and O–H groups in total. The van der Waals surface area contributed by atoms with Gasteiger partial charge in [-0.2, -0.15) is 13.2 Å². The normalized spacial score (nSPS) is 17.5. The number of thioether (sulfide) groups is 1. The van der Waals surface area contributed by atoms with Crippen LogP contribution in [0.15, 0.2) is 47.4 Å². The molecule has 0 aliphatic carbocycles. The first-order valence-electron chi connectivity index (χ1n) is 7.85. The van der Waals surface area contributed by atoms with Crippen LogP contribution in [0.4, 0.5) is 24.5 Å². The monoisotopic (exact) mass is 414 g/mol. The number of alkyl halides is 3. The van der Waals surface area contributed by atoms with Crippen molar-refractivity contribution in [3.8, 4) is 0 Å². The van der Waals surface area contributed by atoms with E-state index in [1.54, 1.807) is 12.1 Å². The van der Waals surface area contributed by atoms with E-state index in [1.807, 2.05) is 18.4 Å². The lowest BCUT2D eigenvalue weighted by Gasteiger charge is -2.19. The number of hydrogen-bond acceptors (Lipinski definition) is 4. The van der Waals surface area contributed by atoms with Crippen LogP contribution < -0.4 is 10.2 Å². The number of anilines is 2. The molecule has 0 radical (unpaired) electrons. The van der Waals surface area contributed by atoms with E-state index in [0.717, 1.165) is 23.1 Å². The molecule has 2 amide bonds. The zero-order valence-electron chi connectivity index (χ0n) is 14.0. The summed E-state index contributed by atoms with van der Waals surface area (Å²) >= 11 is 7.49. The zero-order valence-corrected chi connectivity index (χ0v) is 15.6. The summed E-state index contributed by atoms with van der Waals surface area (Å²) in [5.41, 5.74) is -0.597. The van der Waals surface area contributed by atoms with Crippen LogP contribution in [0.5, 0.6) is 0 Å². The average Bonchev–Trinajstić information content (AvgIpc) is 2.88. The van der Waals surface area contributed by atoms with Crippen molar-refractivity contribution in [3.05, 3.63) is 53.1 Å². The first-order chi connectivity index (χ1) is 12.7. The molecule has 142 valence electrons. The molecule has 2 aromatic carbocycles. The Balaban J connectivity index is 1.88. The van der Waals surface area contributed by atoms with Crippen LogP contribution in [0.2, 0.25) is 5.02 Å². The standard InChI is InChI=1S/C18H14ClF3N2O2S/c1-27-12-4-2-3-11(8-12)23-14-9-16(25)24(17(14)26)15-7-10(18(20,21)22)5-6-13(15)19/h2-8,14,23H,9H2,1H3/t14-/m0/s1. The molecule has 0 saturated carbocycles. The van der Waals surface area contributed by atoms with Gasteiger partial charge in [0.1, 0.15) is 6.04 Å². The first kappa shape index (κ1) is 19.6. The minimum Gasteiger partial charge on any atom is -0.373 e. The van der Waals surface area contributed by atoms with Crippen molar-refractivity contribution < 1.29 is 22.8 Å². The second kappa shape index (κ2) is 7.44. The summed E-state index contributed by atoms with van der Waals surface area (Å²) in [6.45, 7) is 0. The van der Waals surface area contributed by atoms with E-state index >= 15 is 0 Å². The van der Waals surface area contributed by atoms with Gasteiger partial charge in [0.15, 0.2) is 0 Å². The predicted octanol–water partition coefficient (Wildman–Crippen LogP) is 4.82. The number of benzene rings is 2. The zero-order chi connectivity index (χ0) is 19.8.